The van der Waals surface area contributed by atoms with Gasteiger partial charge in [-0.3, -0.25) is 0 Å². The maximum absolute atomic E-state index is 13.1. The summed E-state index contributed by atoms with van der Waals surface area (Å²) in [6.07, 6.45) is 5.31. The molecule has 1 aliphatic rings. The van der Waals surface area contributed by atoms with Crippen molar-refractivity contribution in [1.29, 1.82) is 0 Å². The van der Waals surface area contributed by atoms with Gasteiger partial charge in [0.15, 0.2) is 0 Å². The standard InChI is InChI=1S/C13H16BF4O.K/c15-10-7-8-12(14(16,17)18)13(9-10)19-11-5-3-1-2-4-6-11;/h7-9,11H,1-6H2;/q-1;+1. The van der Waals surface area contributed by atoms with Gasteiger partial charge in [-0.15, -0.1) is 0 Å². The molecule has 0 aliphatic heterocycles. The smallest absolute Gasteiger partial charge is 0.493 e. The molecule has 0 bridgehead atoms. The van der Waals surface area contributed by atoms with Gasteiger partial charge in [0.1, 0.15) is 5.82 Å². The average molecular weight is 314 g/mol. The Morgan fingerprint density at radius 3 is 2.15 bits per heavy atom. The largest absolute Gasteiger partial charge is 1.00 e. The molecule has 0 N–H and O–H groups in total. The van der Waals surface area contributed by atoms with Gasteiger partial charge in [0.25, 0.3) is 0 Å². The Hall–Kier alpha value is 0.441. The molecule has 0 atom stereocenters. The molecule has 0 spiro atoms. The first-order chi connectivity index (χ1) is 8.97. The Morgan fingerprint density at radius 1 is 1.00 bits per heavy atom. The monoisotopic (exact) mass is 314 g/mol. The van der Waals surface area contributed by atoms with Gasteiger partial charge in [0, 0.05) is 6.07 Å². The van der Waals surface area contributed by atoms with E-state index in [1.54, 1.807) is 0 Å². The molecule has 0 saturated heterocycles. The van der Waals surface area contributed by atoms with E-state index in [2.05, 4.69) is 0 Å². The number of benzene rings is 1. The predicted molar refractivity (Wildman–Crippen MR) is 67.2 cm³/mol. The summed E-state index contributed by atoms with van der Waals surface area (Å²) in [6.45, 7) is -5.18. The summed E-state index contributed by atoms with van der Waals surface area (Å²) >= 11 is 0. The van der Waals surface area contributed by atoms with Crippen LogP contribution in [0.25, 0.3) is 0 Å². The molecule has 1 aromatic rings. The summed E-state index contributed by atoms with van der Waals surface area (Å²) in [5.74, 6) is -1.06. The second-order valence-corrected chi connectivity index (χ2v) is 4.99. The quantitative estimate of drug-likeness (QED) is 0.459. The number of hydrogen-bond donors (Lipinski definition) is 0. The van der Waals surface area contributed by atoms with E-state index in [0.717, 1.165) is 56.7 Å². The molecule has 1 aromatic carbocycles. The zero-order valence-corrected chi connectivity index (χ0v) is 14.7. The fourth-order valence-electron chi connectivity index (χ4n) is 2.42. The van der Waals surface area contributed by atoms with Crippen LogP contribution in [0.1, 0.15) is 38.5 Å². The molecule has 2 rings (SSSR count). The summed E-state index contributed by atoms with van der Waals surface area (Å²) in [5.41, 5.74) is -0.842. The van der Waals surface area contributed by atoms with E-state index >= 15 is 0 Å². The van der Waals surface area contributed by atoms with Gasteiger partial charge in [-0.1, -0.05) is 24.4 Å². The third-order valence-electron chi connectivity index (χ3n) is 3.42. The van der Waals surface area contributed by atoms with E-state index in [1.807, 2.05) is 0 Å². The SMILES string of the molecule is Fc1ccc([B-](F)(F)F)c(OC2CCCCCC2)c1.[K+]. The molecule has 1 saturated carbocycles. The van der Waals surface area contributed by atoms with Crippen molar-refractivity contribution in [2.75, 3.05) is 0 Å². The van der Waals surface area contributed by atoms with Gasteiger partial charge in [-0.25, -0.2) is 4.39 Å². The molecule has 106 valence electrons. The van der Waals surface area contributed by atoms with Crippen molar-refractivity contribution < 1.29 is 73.5 Å². The van der Waals surface area contributed by atoms with Crippen LogP contribution in [0.3, 0.4) is 0 Å². The minimum Gasteiger partial charge on any atom is -0.493 e. The Morgan fingerprint density at radius 2 is 1.60 bits per heavy atom. The molecule has 1 aliphatic carbocycles. The van der Waals surface area contributed by atoms with Gasteiger partial charge in [-0.2, -0.15) is 0 Å². The number of rotatable bonds is 3. The minimum atomic E-state index is -5.18. The van der Waals surface area contributed by atoms with Crippen LogP contribution in [0, 0.1) is 5.82 Å². The first-order valence-electron chi connectivity index (χ1n) is 6.63. The third kappa shape index (κ3) is 5.33. The predicted octanol–water partition coefficient (Wildman–Crippen LogP) is 0.986. The number of halogens is 4. The maximum Gasteiger partial charge on any atom is 1.00 e. The van der Waals surface area contributed by atoms with Crippen LogP contribution in [0.2, 0.25) is 0 Å². The summed E-state index contributed by atoms with van der Waals surface area (Å²) in [6, 6.07) is 2.43. The Bertz CT molecular complexity index is 431. The van der Waals surface area contributed by atoms with E-state index in [0.29, 0.717) is 0 Å². The normalized spacial score (nSPS) is 17.2. The second-order valence-electron chi connectivity index (χ2n) is 4.99. The van der Waals surface area contributed by atoms with Gasteiger partial charge in [-0.05, 0) is 31.7 Å². The summed E-state index contributed by atoms with van der Waals surface area (Å²) in [7, 11) is 0. The molecule has 20 heavy (non-hydrogen) atoms. The molecule has 0 amide bonds. The van der Waals surface area contributed by atoms with Crippen molar-refractivity contribution in [1.82, 2.24) is 0 Å². The van der Waals surface area contributed by atoms with Crippen molar-refractivity contribution in [3.63, 3.8) is 0 Å². The van der Waals surface area contributed by atoms with E-state index in [-0.39, 0.29) is 63.2 Å². The van der Waals surface area contributed by atoms with Gasteiger partial charge < -0.3 is 17.7 Å². The Balaban J connectivity index is 0.00000200. The van der Waals surface area contributed by atoms with E-state index < -0.39 is 18.3 Å². The molecule has 0 unspecified atom stereocenters. The van der Waals surface area contributed by atoms with Crippen LogP contribution in [0.4, 0.5) is 17.3 Å². The molecule has 0 heterocycles. The molecule has 7 heteroatoms. The van der Waals surface area contributed by atoms with E-state index in [1.165, 1.54) is 0 Å². The minimum absolute atomic E-state index is 0. The number of hydrogen-bond acceptors (Lipinski definition) is 1. The number of ether oxygens (including phenoxy) is 1. The molecule has 1 fully saturated rings. The summed E-state index contributed by atoms with van der Waals surface area (Å²) in [4.78, 5) is 0. The summed E-state index contributed by atoms with van der Waals surface area (Å²) < 4.78 is 57.2. The van der Waals surface area contributed by atoms with Gasteiger partial charge in [0.2, 0.25) is 0 Å². The van der Waals surface area contributed by atoms with Crippen LogP contribution in [-0.2, 0) is 0 Å². The van der Waals surface area contributed by atoms with Crippen LogP contribution >= 0.6 is 0 Å². The average Bonchev–Trinajstić information content (AvgIpc) is 2.56. The molecule has 1 nitrogen and oxygen atoms in total. The molecular weight excluding hydrogens is 298 g/mol. The van der Waals surface area contributed by atoms with Crippen LogP contribution in [0.5, 0.6) is 5.75 Å². The van der Waals surface area contributed by atoms with Crippen molar-refractivity contribution in [3.8, 4) is 5.75 Å². The molecular formula is C13H16BF4KO. The Kier molecular flexibility index (Phi) is 7.56. The fraction of sp³-hybridized carbons (Fsp3) is 0.538. The third-order valence-corrected chi connectivity index (χ3v) is 3.42. The van der Waals surface area contributed by atoms with E-state index in [9.17, 15) is 17.3 Å². The zero-order valence-electron chi connectivity index (χ0n) is 11.5. The van der Waals surface area contributed by atoms with Gasteiger partial charge in [0.05, 0.1) is 11.9 Å². The van der Waals surface area contributed by atoms with Crippen molar-refractivity contribution >= 4 is 12.4 Å². The van der Waals surface area contributed by atoms with Crippen molar-refractivity contribution in [2.24, 2.45) is 0 Å². The topological polar surface area (TPSA) is 9.23 Å². The zero-order chi connectivity index (χ0) is 13.9. The van der Waals surface area contributed by atoms with Gasteiger partial charge >= 0.3 is 58.4 Å². The van der Waals surface area contributed by atoms with Crippen LogP contribution in [0.15, 0.2) is 18.2 Å². The van der Waals surface area contributed by atoms with Crippen molar-refractivity contribution in [3.05, 3.63) is 24.0 Å². The first-order valence-corrected chi connectivity index (χ1v) is 6.63. The molecule has 0 radical (unpaired) electrons. The van der Waals surface area contributed by atoms with Crippen LogP contribution < -0.4 is 61.6 Å². The second kappa shape index (κ2) is 8.17. The maximum atomic E-state index is 13.1. The van der Waals surface area contributed by atoms with Crippen LogP contribution in [-0.4, -0.2) is 13.1 Å². The fourth-order valence-corrected chi connectivity index (χ4v) is 2.42. The van der Waals surface area contributed by atoms with E-state index in [4.69, 9.17) is 4.74 Å². The summed E-state index contributed by atoms with van der Waals surface area (Å²) in [5, 5.41) is 0. The molecule has 0 aromatic heterocycles. The first kappa shape index (κ1) is 18.5. The van der Waals surface area contributed by atoms with Crippen molar-refractivity contribution in [2.45, 2.75) is 44.6 Å². The Labute approximate surface area is 158 Å².